The molecule has 1 saturated heterocycles. The molecule has 1 unspecified atom stereocenters. The number of benzene rings is 1. The van der Waals surface area contributed by atoms with E-state index in [1.165, 1.54) is 12.8 Å². The van der Waals surface area contributed by atoms with Gasteiger partial charge in [-0.25, -0.2) is 0 Å². The van der Waals surface area contributed by atoms with Gasteiger partial charge in [0.1, 0.15) is 0 Å². The molecule has 0 saturated carbocycles. The summed E-state index contributed by atoms with van der Waals surface area (Å²) in [5.74, 6) is 1.42. The first-order chi connectivity index (χ1) is 8.83. The Hall–Kier alpha value is -1.26. The Labute approximate surface area is 108 Å². The Morgan fingerprint density at radius 3 is 2.94 bits per heavy atom. The summed E-state index contributed by atoms with van der Waals surface area (Å²) < 4.78 is 11.0. The molecule has 1 atom stereocenters. The second-order valence-corrected chi connectivity index (χ2v) is 4.57. The van der Waals surface area contributed by atoms with Crippen molar-refractivity contribution < 1.29 is 14.6 Å². The van der Waals surface area contributed by atoms with Crippen molar-refractivity contribution in [2.45, 2.75) is 31.9 Å². The molecule has 0 spiro atoms. The topological polar surface area (TPSA) is 50.7 Å². The third-order valence-electron chi connectivity index (χ3n) is 3.30. The summed E-state index contributed by atoms with van der Waals surface area (Å²) in [7, 11) is 1.61. The summed E-state index contributed by atoms with van der Waals surface area (Å²) in [4.78, 5) is 0. The maximum Gasteiger partial charge on any atom is 0.161 e. The van der Waals surface area contributed by atoms with Gasteiger partial charge < -0.3 is 19.9 Å². The summed E-state index contributed by atoms with van der Waals surface area (Å²) in [5.41, 5.74) is 0.830. The highest BCUT2D eigenvalue weighted by Gasteiger charge is 2.14. The van der Waals surface area contributed by atoms with Crippen molar-refractivity contribution in [1.82, 2.24) is 5.32 Å². The first kappa shape index (κ1) is 13.2. The van der Waals surface area contributed by atoms with E-state index in [0.29, 0.717) is 18.4 Å². The van der Waals surface area contributed by atoms with E-state index in [9.17, 15) is 0 Å². The monoisotopic (exact) mass is 251 g/mol. The molecule has 0 aliphatic carbocycles. The number of hydrogen-bond donors (Lipinski definition) is 2. The standard InChI is InChI=1S/C14H21NO3/c1-17-14-9-11(10-16)4-5-13(14)18-8-6-12-3-2-7-15-12/h4-5,9,12,15-16H,2-3,6-8,10H2,1H3. The summed E-state index contributed by atoms with van der Waals surface area (Å²) in [6, 6.07) is 6.11. The van der Waals surface area contributed by atoms with Gasteiger partial charge in [0.25, 0.3) is 0 Å². The molecule has 4 heteroatoms. The Morgan fingerprint density at radius 2 is 2.28 bits per heavy atom. The highest BCUT2D eigenvalue weighted by molar-refractivity contribution is 5.42. The Balaban J connectivity index is 1.87. The first-order valence-corrected chi connectivity index (χ1v) is 6.47. The van der Waals surface area contributed by atoms with E-state index in [1.807, 2.05) is 18.2 Å². The molecular weight excluding hydrogens is 230 g/mol. The molecule has 1 aliphatic heterocycles. The van der Waals surface area contributed by atoms with Crippen LogP contribution in [0, 0.1) is 0 Å². The van der Waals surface area contributed by atoms with Crippen LogP contribution in [0.1, 0.15) is 24.8 Å². The van der Waals surface area contributed by atoms with Crippen LogP contribution in [0.3, 0.4) is 0 Å². The Bertz CT molecular complexity index is 375. The van der Waals surface area contributed by atoms with Gasteiger partial charge in [0.05, 0.1) is 20.3 Å². The maximum atomic E-state index is 9.06. The van der Waals surface area contributed by atoms with Crippen LogP contribution >= 0.6 is 0 Å². The van der Waals surface area contributed by atoms with Gasteiger partial charge in [-0.3, -0.25) is 0 Å². The molecule has 1 aromatic carbocycles. The van der Waals surface area contributed by atoms with Gasteiger partial charge in [-0.05, 0) is 43.5 Å². The highest BCUT2D eigenvalue weighted by Crippen LogP contribution is 2.28. The van der Waals surface area contributed by atoms with E-state index < -0.39 is 0 Å². The number of aliphatic hydroxyl groups excluding tert-OH is 1. The third kappa shape index (κ3) is 3.37. The van der Waals surface area contributed by atoms with Gasteiger partial charge in [0.2, 0.25) is 0 Å². The predicted octanol–water partition coefficient (Wildman–Crippen LogP) is 1.71. The molecule has 1 fully saturated rings. The second-order valence-electron chi connectivity index (χ2n) is 4.57. The van der Waals surface area contributed by atoms with Crippen LogP contribution in [0.15, 0.2) is 18.2 Å². The average molecular weight is 251 g/mol. The van der Waals surface area contributed by atoms with E-state index >= 15 is 0 Å². The van der Waals surface area contributed by atoms with Crippen LogP contribution in [0.4, 0.5) is 0 Å². The maximum absolute atomic E-state index is 9.06. The minimum atomic E-state index is 0.0165. The lowest BCUT2D eigenvalue weighted by Crippen LogP contribution is -2.23. The van der Waals surface area contributed by atoms with Crippen molar-refractivity contribution in [1.29, 1.82) is 0 Å². The van der Waals surface area contributed by atoms with E-state index in [2.05, 4.69) is 5.32 Å². The molecule has 0 radical (unpaired) electrons. The summed E-state index contributed by atoms with van der Waals surface area (Å²) in [6.07, 6.45) is 3.52. The van der Waals surface area contributed by atoms with Crippen molar-refractivity contribution in [3.63, 3.8) is 0 Å². The van der Waals surface area contributed by atoms with Crippen LogP contribution in [0.5, 0.6) is 11.5 Å². The van der Waals surface area contributed by atoms with Gasteiger partial charge in [-0.2, -0.15) is 0 Å². The zero-order chi connectivity index (χ0) is 12.8. The number of nitrogens with one attached hydrogen (secondary N) is 1. The SMILES string of the molecule is COc1cc(CO)ccc1OCCC1CCCN1. The van der Waals surface area contributed by atoms with Crippen LogP contribution in [-0.2, 0) is 6.61 Å². The molecule has 0 aromatic heterocycles. The van der Waals surface area contributed by atoms with Gasteiger partial charge >= 0.3 is 0 Å². The number of aliphatic hydroxyl groups is 1. The zero-order valence-electron chi connectivity index (χ0n) is 10.8. The van der Waals surface area contributed by atoms with Crippen molar-refractivity contribution in [2.24, 2.45) is 0 Å². The number of ether oxygens (including phenoxy) is 2. The fourth-order valence-electron chi connectivity index (χ4n) is 2.24. The van der Waals surface area contributed by atoms with Gasteiger partial charge in [0, 0.05) is 6.04 Å². The van der Waals surface area contributed by atoms with Crippen LogP contribution in [-0.4, -0.2) is 31.4 Å². The average Bonchev–Trinajstić information content (AvgIpc) is 2.92. The van der Waals surface area contributed by atoms with E-state index in [1.54, 1.807) is 7.11 Å². The van der Waals surface area contributed by atoms with E-state index in [4.69, 9.17) is 14.6 Å². The van der Waals surface area contributed by atoms with Crippen molar-refractivity contribution >= 4 is 0 Å². The number of rotatable bonds is 6. The minimum absolute atomic E-state index is 0.0165. The normalized spacial score (nSPS) is 18.9. The Kier molecular flexibility index (Phi) is 4.84. The van der Waals surface area contributed by atoms with Crippen LogP contribution in [0.2, 0.25) is 0 Å². The molecule has 4 nitrogen and oxygen atoms in total. The lowest BCUT2D eigenvalue weighted by molar-refractivity contribution is 0.270. The molecule has 2 rings (SSSR count). The van der Waals surface area contributed by atoms with Crippen molar-refractivity contribution in [3.8, 4) is 11.5 Å². The quantitative estimate of drug-likeness (QED) is 0.808. The lowest BCUT2D eigenvalue weighted by Gasteiger charge is -2.14. The van der Waals surface area contributed by atoms with Gasteiger partial charge in [-0.1, -0.05) is 6.07 Å². The van der Waals surface area contributed by atoms with Crippen molar-refractivity contribution in [2.75, 3.05) is 20.3 Å². The molecular formula is C14H21NO3. The molecule has 0 bridgehead atoms. The minimum Gasteiger partial charge on any atom is -0.493 e. The van der Waals surface area contributed by atoms with Gasteiger partial charge in [0.15, 0.2) is 11.5 Å². The summed E-state index contributed by atoms with van der Waals surface area (Å²) in [6.45, 7) is 1.83. The molecule has 1 aromatic rings. The summed E-state index contributed by atoms with van der Waals surface area (Å²) in [5, 5.41) is 12.5. The van der Waals surface area contributed by atoms with Crippen molar-refractivity contribution in [3.05, 3.63) is 23.8 Å². The lowest BCUT2D eigenvalue weighted by atomic mass is 10.2. The largest absolute Gasteiger partial charge is 0.493 e. The highest BCUT2D eigenvalue weighted by atomic mass is 16.5. The van der Waals surface area contributed by atoms with E-state index in [0.717, 1.165) is 24.3 Å². The first-order valence-electron chi connectivity index (χ1n) is 6.47. The smallest absolute Gasteiger partial charge is 0.161 e. The number of hydrogen-bond acceptors (Lipinski definition) is 4. The fraction of sp³-hybridized carbons (Fsp3) is 0.571. The van der Waals surface area contributed by atoms with Crippen LogP contribution < -0.4 is 14.8 Å². The molecule has 100 valence electrons. The second kappa shape index (κ2) is 6.61. The molecule has 1 aliphatic rings. The summed E-state index contributed by atoms with van der Waals surface area (Å²) >= 11 is 0. The van der Waals surface area contributed by atoms with Gasteiger partial charge in [-0.15, -0.1) is 0 Å². The van der Waals surface area contributed by atoms with Crippen LogP contribution in [0.25, 0.3) is 0 Å². The Morgan fingerprint density at radius 1 is 1.39 bits per heavy atom. The fourth-order valence-corrected chi connectivity index (χ4v) is 2.24. The number of methoxy groups -OCH3 is 1. The molecule has 2 N–H and O–H groups in total. The predicted molar refractivity (Wildman–Crippen MR) is 70.1 cm³/mol. The molecule has 1 heterocycles. The zero-order valence-corrected chi connectivity index (χ0v) is 10.8. The third-order valence-corrected chi connectivity index (χ3v) is 3.30. The molecule has 0 amide bonds. The van der Waals surface area contributed by atoms with E-state index in [-0.39, 0.29) is 6.61 Å². The molecule has 18 heavy (non-hydrogen) atoms.